The van der Waals surface area contributed by atoms with Crippen molar-refractivity contribution in [3.8, 4) is 0 Å². The number of rotatable bonds is 6. The van der Waals surface area contributed by atoms with Crippen LogP contribution in [0.4, 0.5) is 4.79 Å². The quantitative estimate of drug-likeness (QED) is 0.746. The van der Waals surface area contributed by atoms with Crippen molar-refractivity contribution < 1.29 is 9.90 Å². The second-order valence-electron chi connectivity index (χ2n) is 3.93. The van der Waals surface area contributed by atoms with Crippen molar-refractivity contribution in [2.75, 3.05) is 6.54 Å². The van der Waals surface area contributed by atoms with E-state index in [0.717, 1.165) is 18.4 Å². The summed E-state index contributed by atoms with van der Waals surface area (Å²) < 4.78 is 0. The Morgan fingerprint density at radius 3 is 2.47 bits per heavy atom. The zero-order valence-corrected chi connectivity index (χ0v) is 10.4. The Balaban J connectivity index is 2.71. The van der Waals surface area contributed by atoms with Gasteiger partial charge < -0.3 is 5.11 Å². The number of hydrazine groups is 1. The lowest BCUT2D eigenvalue weighted by molar-refractivity contribution is 0.108. The van der Waals surface area contributed by atoms with Crippen LogP contribution in [0.25, 0.3) is 0 Å². The van der Waals surface area contributed by atoms with Gasteiger partial charge in [-0.25, -0.2) is 15.2 Å². The van der Waals surface area contributed by atoms with Crippen LogP contribution in [-0.2, 0) is 0 Å². The van der Waals surface area contributed by atoms with E-state index < -0.39 is 6.09 Å². The van der Waals surface area contributed by atoms with Crippen LogP contribution in [0.3, 0.4) is 0 Å². The number of amides is 1. The molecule has 0 radical (unpaired) electrons. The first-order chi connectivity index (χ1) is 8.19. The summed E-state index contributed by atoms with van der Waals surface area (Å²) >= 11 is 0. The van der Waals surface area contributed by atoms with Crippen molar-refractivity contribution in [1.29, 1.82) is 0 Å². The zero-order chi connectivity index (χ0) is 12.7. The molecule has 0 saturated heterocycles. The van der Waals surface area contributed by atoms with Gasteiger partial charge >= 0.3 is 6.09 Å². The molecule has 1 aromatic rings. The van der Waals surface area contributed by atoms with Gasteiger partial charge in [0.25, 0.3) is 0 Å². The molecule has 1 atom stereocenters. The highest BCUT2D eigenvalue weighted by molar-refractivity contribution is 5.64. The van der Waals surface area contributed by atoms with Crippen molar-refractivity contribution in [2.45, 2.75) is 32.7 Å². The van der Waals surface area contributed by atoms with Gasteiger partial charge in [-0.1, -0.05) is 44.2 Å². The van der Waals surface area contributed by atoms with Crippen molar-refractivity contribution in [1.82, 2.24) is 10.4 Å². The summed E-state index contributed by atoms with van der Waals surface area (Å²) in [4.78, 5) is 11.0. The van der Waals surface area contributed by atoms with E-state index in [9.17, 15) is 4.79 Å². The molecule has 0 aliphatic carbocycles. The normalized spacial score (nSPS) is 12.1. The number of hydrogen-bond acceptors (Lipinski definition) is 2. The van der Waals surface area contributed by atoms with Crippen LogP contribution < -0.4 is 5.43 Å². The maximum Gasteiger partial charge on any atom is 0.421 e. The molecule has 1 aromatic carbocycles. The smallest absolute Gasteiger partial charge is 0.421 e. The Morgan fingerprint density at radius 1 is 1.35 bits per heavy atom. The van der Waals surface area contributed by atoms with Crippen molar-refractivity contribution >= 4 is 6.09 Å². The lowest BCUT2D eigenvalue weighted by atomic mass is 10.1. The molecule has 0 bridgehead atoms. The third kappa shape index (κ3) is 4.07. The predicted molar refractivity (Wildman–Crippen MR) is 67.6 cm³/mol. The van der Waals surface area contributed by atoms with Crippen LogP contribution in [0.15, 0.2) is 30.3 Å². The minimum absolute atomic E-state index is 0.0406. The molecule has 4 heteroatoms. The molecule has 0 saturated carbocycles. The standard InChI is InChI=1S/C13H20N2O2/c1-3-10-15(13(16)17)14-12(4-2)11-8-6-5-7-9-11/h5-9,12,14H,3-4,10H2,1-2H3,(H,16,17)/t12-/m1/s1. The van der Waals surface area contributed by atoms with E-state index in [2.05, 4.69) is 5.43 Å². The van der Waals surface area contributed by atoms with Gasteiger partial charge in [-0.05, 0) is 18.4 Å². The molecule has 94 valence electrons. The third-order valence-electron chi connectivity index (χ3n) is 2.60. The molecule has 0 unspecified atom stereocenters. The summed E-state index contributed by atoms with van der Waals surface area (Å²) in [5.41, 5.74) is 4.16. The number of nitrogens with one attached hydrogen (secondary N) is 1. The van der Waals surface area contributed by atoms with E-state index >= 15 is 0 Å². The van der Waals surface area contributed by atoms with Crippen LogP contribution in [0, 0.1) is 0 Å². The van der Waals surface area contributed by atoms with Gasteiger partial charge in [0.2, 0.25) is 0 Å². The molecule has 0 aliphatic heterocycles. The summed E-state index contributed by atoms with van der Waals surface area (Å²) in [5.74, 6) is 0. The highest BCUT2D eigenvalue weighted by Gasteiger charge is 2.16. The fourth-order valence-electron chi connectivity index (χ4n) is 1.71. The van der Waals surface area contributed by atoms with Gasteiger partial charge in [0.15, 0.2) is 0 Å². The molecule has 1 amide bonds. The van der Waals surface area contributed by atoms with E-state index in [0.29, 0.717) is 6.54 Å². The van der Waals surface area contributed by atoms with Crippen LogP contribution in [0.5, 0.6) is 0 Å². The van der Waals surface area contributed by atoms with Gasteiger partial charge in [-0.15, -0.1) is 0 Å². The SMILES string of the molecule is CCCN(N[C@H](CC)c1ccccc1)C(=O)O. The summed E-state index contributed by atoms with van der Waals surface area (Å²) in [6, 6.07) is 9.94. The highest BCUT2D eigenvalue weighted by atomic mass is 16.4. The molecular weight excluding hydrogens is 216 g/mol. The fourth-order valence-corrected chi connectivity index (χ4v) is 1.71. The van der Waals surface area contributed by atoms with Gasteiger partial charge in [0.1, 0.15) is 0 Å². The lowest BCUT2D eigenvalue weighted by Gasteiger charge is -2.26. The average molecular weight is 236 g/mol. The first-order valence-electron chi connectivity index (χ1n) is 6.00. The number of carboxylic acid groups (broad SMARTS) is 1. The number of carbonyl (C=O) groups is 1. The second kappa shape index (κ2) is 6.91. The molecule has 1 rings (SSSR count). The predicted octanol–water partition coefficient (Wildman–Crippen LogP) is 3.03. The maximum atomic E-state index is 11.0. The Hall–Kier alpha value is -1.55. The largest absolute Gasteiger partial charge is 0.464 e. The topological polar surface area (TPSA) is 52.6 Å². The molecule has 4 nitrogen and oxygen atoms in total. The van der Waals surface area contributed by atoms with Crippen LogP contribution >= 0.6 is 0 Å². The Bertz CT molecular complexity index is 341. The molecule has 0 aromatic heterocycles. The number of benzene rings is 1. The minimum Gasteiger partial charge on any atom is -0.464 e. The Labute approximate surface area is 102 Å². The lowest BCUT2D eigenvalue weighted by Crippen LogP contribution is -2.44. The number of hydrogen-bond donors (Lipinski definition) is 2. The molecule has 2 N–H and O–H groups in total. The summed E-state index contributed by atoms with van der Waals surface area (Å²) in [7, 11) is 0. The van der Waals surface area contributed by atoms with Gasteiger partial charge in [0, 0.05) is 6.54 Å². The summed E-state index contributed by atoms with van der Waals surface area (Å²) in [6.45, 7) is 4.50. The minimum atomic E-state index is -0.929. The van der Waals surface area contributed by atoms with E-state index in [1.54, 1.807) is 0 Å². The van der Waals surface area contributed by atoms with E-state index in [1.807, 2.05) is 44.2 Å². The molecular formula is C13H20N2O2. The highest BCUT2D eigenvalue weighted by Crippen LogP contribution is 2.16. The Kier molecular flexibility index (Phi) is 5.49. The molecule has 17 heavy (non-hydrogen) atoms. The van der Waals surface area contributed by atoms with Crippen molar-refractivity contribution in [2.24, 2.45) is 0 Å². The van der Waals surface area contributed by atoms with E-state index in [4.69, 9.17) is 5.11 Å². The van der Waals surface area contributed by atoms with Crippen molar-refractivity contribution in [3.63, 3.8) is 0 Å². The van der Waals surface area contributed by atoms with Gasteiger partial charge in [-0.2, -0.15) is 0 Å². The maximum absolute atomic E-state index is 11.0. The van der Waals surface area contributed by atoms with Crippen LogP contribution in [0.2, 0.25) is 0 Å². The molecule has 0 heterocycles. The number of nitrogens with zero attached hydrogens (tertiary/aromatic N) is 1. The average Bonchev–Trinajstić information content (AvgIpc) is 2.35. The third-order valence-corrected chi connectivity index (χ3v) is 2.60. The van der Waals surface area contributed by atoms with E-state index in [1.165, 1.54) is 5.01 Å². The van der Waals surface area contributed by atoms with Crippen LogP contribution in [-0.4, -0.2) is 22.8 Å². The zero-order valence-electron chi connectivity index (χ0n) is 10.4. The Morgan fingerprint density at radius 2 is 2.00 bits per heavy atom. The molecule has 0 aliphatic rings. The molecule has 0 spiro atoms. The van der Waals surface area contributed by atoms with Crippen LogP contribution in [0.1, 0.15) is 38.3 Å². The summed E-state index contributed by atoms with van der Waals surface area (Å²) in [5, 5.41) is 10.3. The first-order valence-corrected chi connectivity index (χ1v) is 6.00. The fraction of sp³-hybridized carbons (Fsp3) is 0.462. The van der Waals surface area contributed by atoms with Crippen molar-refractivity contribution in [3.05, 3.63) is 35.9 Å². The molecule has 0 fully saturated rings. The van der Waals surface area contributed by atoms with Gasteiger partial charge in [0.05, 0.1) is 6.04 Å². The second-order valence-corrected chi connectivity index (χ2v) is 3.93. The van der Waals surface area contributed by atoms with E-state index in [-0.39, 0.29) is 6.04 Å². The first kappa shape index (κ1) is 13.5. The summed E-state index contributed by atoms with van der Waals surface area (Å²) in [6.07, 6.45) is 0.711. The van der Waals surface area contributed by atoms with Gasteiger partial charge in [-0.3, -0.25) is 0 Å². The monoisotopic (exact) mass is 236 g/mol.